The summed E-state index contributed by atoms with van der Waals surface area (Å²) >= 11 is 0. The van der Waals surface area contributed by atoms with Gasteiger partial charge in [-0.3, -0.25) is 4.90 Å². The van der Waals surface area contributed by atoms with Crippen molar-refractivity contribution in [1.29, 1.82) is 0 Å². The van der Waals surface area contributed by atoms with E-state index in [0.29, 0.717) is 0 Å². The lowest BCUT2D eigenvalue weighted by Crippen LogP contribution is -2.57. The highest BCUT2D eigenvalue weighted by Gasteiger charge is 2.28. The molecule has 18 heavy (non-hydrogen) atoms. The third-order valence-electron chi connectivity index (χ3n) is 4.19. The number of piperazine rings is 1. The minimum atomic E-state index is 0.285. The van der Waals surface area contributed by atoms with Crippen LogP contribution in [0.2, 0.25) is 0 Å². The van der Waals surface area contributed by atoms with E-state index in [1.807, 2.05) is 0 Å². The van der Waals surface area contributed by atoms with E-state index >= 15 is 0 Å². The quantitative estimate of drug-likeness (QED) is 0.751. The van der Waals surface area contributed by atoms with Crippen molar-refractivity contribution in [2.45, 2.75) is 46.1 Å². The first-order chi connectivity index (χ1) is 8.45. The van der Waals surface area contributed by atoms with E-state index in [-0.39, 0.29) is 5.54 Å². The molecule has 3 nitrogen and oxygen atoms in total. The van der Waals surface area contributed by atoms with E-state index in [2.05, 4.69) is 49.9 Å². The molecule has 1 fully saturated rings. The van der Waals surface area contributed by atoms with Gasteiger partial charge in [0.05, 0.1) is 0 Å². The topological polar surface area (TPSA) is 18.5 Å². The summed E-state index contributed by atoms with van der Waals surface area (Å²) in [7, 11) is 2.22. The molecule has 1 aliphatic heterocycles. The number of hydrogen-bond acceptors (Lipinski definition) is 3. The summed E-state index contributed by atoms with van der Waals surface area (Å²) in [6, 6.07) is 0. The Morgan fingerprint density at radius 3 is 2.33 bits per heavy atom. The average molecular weight is 255 g/mol. The van der Waals surface area contributed by atoms with Crippen LogP contribution in [-0.2, 0) is 0 Å². The predicted molar refractivity (Wildman–Crippen MR) is 80.1 cm³/mol. The SMILES string of the molecule is CCCC(C)CNCC(C)(C)N1CCN(C)CC1. The zero-order valence-corrected chi connectivity index (χ0v) is 13.1. The van der Waals surface area contributed by atoms with Gasteiger partial charge in [-0.2, -0.15) is 0 Å². The lowest BCUT2D eigenvalue weighted by Gasteiger charge is -2.43. The number of hydrogen-bond donors (Lipinski definition) is 1. The Morgan fingerprint density at radius 2 is 1.78 bits per heavy atom. The van der Waals surface area contributed by atoms with Gasteiger partial charge in [0.2, 0.25) is 0 Å². The molecule has 1 rings (SSSR count). The zero-order valence-electron chi connectivity index (χ0n) is 13.1. The van der Waals surface area contributed by atoms with Gasteiger partial charge < -0.3 is 10.2 Å². The van der Waals surface area contributed by atoms with Gasteiger partial charge in [-0.05, 0) is 39.8 Å². The van der Waals surface area contributed by atoms with Gasteiger partial charge in [0, 0.05) is 38.3 Å². The molecule has 0 saturated carbocycles. The van der Waals surface area contributed by atoms with Crippen molar-refractivity contribution in [2.24, 2.45) is 5.92 Å². The molecule has 0 aromatic rings. The Bertz CT molecular complexity index is 220. The first-order valence-electron chi connectivity index (χ1n) is 7.60. The van der Waals surface area contributed by atoms with Crippen molar-refractivity contribution in [3.8, 4) is 0 Å². The maximum Gasteiger partial charge on any atom is 0.0278 e. The van der Waals surface area contributed by atoms with Crippen LogP contribution in [-0.4, -0.2) is 61.7 Å². The first kappa shape index (κ1) is 15.9. The molecule has 1 aliphatic rings. The highest BCUT2D eigenvalue weighted by molar-refractivity contribution is 4.87. The number of nitrogens with zero attached hydrogens (tertiary/aromatic N) is 2. The van der Waals surface area contributed by atoms with Crippen LogP contribution in [0.1, 0.15) is 40.5 Å². The van der Waals surface area contributed by atoms with Gasteiger partial charge >= 0.3 is 0 Å². The summed E-state index contributed by atoms with van der Waals surface area (Å²) in [4.78, 5) is 5.05. The lowest BCUT2D eigenvalue weighted by atomic mass is 10.0. The normalized spacial score (nSPS) is 21.2. The standard InChI is InChI=1S/C15H33N3/c1-6-7-14(2)12-16-13-15(3,4)18-10-8-17(5)9-11-18/h14,16H,6-13H2,1-5H3. The number of likely N-dealkylation sites (N-methyl/N-ethyl adjacent to an activating group) is 1. The van der Waals surface area contributed by atoms with Crippen molar-refractivity contribution in [3.63, 3.8) is 0 Å². The molecule has 0 aromatic heterocycles. The molecular weight excluding hydrogens is 222 g/mol. The molecule has 0 amide bonds. The Balaban J connectivity index is 2.26. The highest BCUT2D eigenvalue weighted by Crippen LogP contribution is 2.16. The summed E-state index contributed by atoms with van der Waals surface area (Å²) in [5.74, 6) is 0.804. The molecule has 0 bridgehead atoms. The molecule has 0 aliphatic carbocycles. The number of rotatable bonds is 7. The maximum absolute atomic E-state index is 3.66. The Kier molecular flexibility index (Phi) is 6.61. The van der Waals surface area contributed by atoms with E-state index in [9.17, 15) is 0 Å². The average Bonchev–Trinajstić information content (AvgIpc) is 2.29. The Hall–Kier alpha value is -0.120. The van der Waals surface area contributed by atoms with Gasteiger partial charge in [-0.25, -0.2) is 0 Å². The van der Waals surface area contributed by atoms with E-state index in [4.69, 9.17) is 0 Å². The Labute approximate surface area is 114 Å². The molecule has 3 heteroatoms. The molecule has 1 saturated heterocycles. The summed E-state index contributed by atoms with van der Waals surface area (Å²) in [6.07, 6.45) is 2.63. The van der Waals surface area contributed by atoms with Crippen molar-refractivity contribution in [3.05, 3.63) is 0 Å². The van der Waals surface area contributed by atoms with E-state index in [1.165, 1.54) is 39.0 Å². The molecule has 1 N–H and O–H groups in total. The van der Waals surface area contributed by atoms with Crippen LogP contribution < -0.4 is 5.32 Å². The third-order valence-corrected chi connectivity index (χ3v) is 4.19. The van der Waals surface area contributed by atoms with Crippen LogP contribution in [0.25, 0.3) is 0 Å². The molecule has 1 heterocycles. The first-order valence-corrected chi connectivity index (χ1v) is 7.60. The van der Waals surface area contributed by atoms with Crippen LogP contribution in [0.4, 0.5) is 0 Å². The minimum absolute atomic E-state index is 0.285. The van der Waals surface area contributed by atoms with Gasteiger partial charge in [0.15, 0.2) is 0 Å². The van der Waals surface area contributed by atoms with Crippen LogP contribution in [0.15, 0.2) is 0 Å². The minimum Gasteiger partial charge on any atom is -0.315 e. The summed E-state index contributed by atoms with van der Waals surface area (Å²) in [5, 5.41) is 3.66. The van der Waals surface area contributed by atoms with E-state index in [1.54, 1.807) is 0 Å². The predicted octanol–water partition coefficient (Wildman–Crippen LogP) is 2.04. The van der Waals surface area contributed by atoms with Gasteiger partial charge in [-0.15, -0.1) is 0 Å². The fourth-order valence-electron chi connectivity index (χ4n) is 2.74. The van der Waals surface area contributed by atoms with Crippen LogP contribution in [0.3, 0.4) is 0 Å². The van der Waals surface area contributed by atoms with Gasteiger partial charge in [0.25, 0.3) is 0 Å². The van der Waals surface area contributed by atoms with Gasteiger partial charge in [-0.1, -0.05) is 20.3 Å². The number of nitrogens with one attached hydrogen (secondary N) is 1. The van der Waals surface area contributed by atoms with Crippen molar-refractivity contribution < 1.29 is 0 Å². The lowest BCUT2D eigenvalue weighted by molar-refractivity contribution is 0.0615. The van der Waals surface area contributed by atoms with Crippen LogP contribution >= 0.6 is 0 Å². The van der Waals surface area contributed by atoms with Crippen LogP contribution in [0, 0.1) is 5.92 Å². The monoisotopic (exact) mass is 255 g/mol. The fourth-order valence-corrected chi connectivity index (χ4v) is 2.74. The summed E-state index contributed by atoms with van der Waals surface area (Å²) in [5.41, 5.74) is 0.285. The van der Waals surface area contributed by atoms with Crippen molar-refractivity contribution in [1.82, 2.24) is 15.1 Å². The Morgan fingerprint density at radius 1 is 1.17 bits per heavy atom. The molecule has 0 radical (unpaired) electrons. The molecular formula is C15H33N3. The summed E-state index contributed by atoms with van der Waals surface area (Å²) in [6.45, 7) is 16.4. The highest BCUT2D eigenvalue weighted by atomic mass is 15.3. The molecule has 0 aromatic carbocycles. The van der Waals surface area contributed by atoms with Crippen molar-refractivity contribution >= 4 is 0 Å². The molecule has 1 unspecified atom stereocenters. The second-order valence-electron chi connectivity index (χ2n) is 6.63. The fraction of sp³-hybridized carbons (Fsp3) is 1.00. The molecule has 1 atom stereocenters. The zero-order chi connectivity index (χ0) is 13.6. The maximum atomic E-state index is 3.66. The third kappa shape index (κ3) is 5.25. The van der Waals surface area contributed by atoms with Crippen molar-refractivity contribution in [2.75, 3.05) is 46.3 Å². The largest absolute Gasteiger partial charge is 0.315 e. The smallest absolute Gasteiger partial charge is 0.0278 e. The molecule has 108 valence electrons. The molecule has 0 spiro atoms. The van der Waals surface area contributed by atoms with Crippen LogP contribution in [0.5, 0.6) is 0 Å². The summed E-state index contributed by atoms with van der Waals surface area (Å²) < 4.78 is 0. The second kappa shape index (κ2) is 7.46. The van der Waals surface area contributed by atoms with Gasteiger partial charge in [0.1, 0.15) is 0 Å². The van der Waals surface area contributed by atoms with E-state index in [0.717, 1.165) is 19.0 Å². The second-order valence-corrected chi connectivity index (χ2v) is 6.63. The van der Waals surface area contributed by atoms with E-state index < -0.39 is 0 Å².